The summed E-state index contributed by atoms with van der Waals surface area (Å²) in [4.78, 5) is 14.9. The maximum Gasteiger partial charge on any atom is 0.225 e. The Kier molecular flexibility index (Phi) is 2.94. The van der Waals surface area contributed by atoms with Crippen molar-refractivity contribution in [3.8, 4) is 0 Å². The van der Waals surface area contributed by atoms with Crippen LogP contribution in [0.4, 0.5) is 0 Å². The molecule has 0 fully saturated rings. The summed E-state index contributed by atoms with van der Waals surface area (Å²) in [5, 5.41) is 0. The molecule has 1 atom stereocenters. The van der Waals surface area contributed by atoms with E-state index in [2.05, 4.69) is 34.8 Å². The fourth-order valence-electron chi connectivity index (χ4n) is 3.57. The molecule has 2 N–H and O–H groups in total. The molecule has 1 aromatic heterocycles. The molecule has 1 aliphatic heterocycles. The number of allylic oxidation sites excluding steroid dienone is 1. The summed E-state index contributed by atoms with van der Waals surface area (Å²) >= 11 is 0. The van der Waals surface area contributed by atoms with Gasteiger partial charge in [0.05, 0.1) is 17.4 Å². The van der Waals surface area contributed by atoms with Crippen molar-refractivity contribution in [2.75, 3.05) is 13.6 Å². The summed E-state index contributed by atoms with van der Waals surface area (Å²) < 4.78 is 2.08. The molecular weight excluding hydrogens is 274 g/mol. The minimum absolute atomic E-state index is 0.0382. The summed E-state index contributed by atoms with van der Waals surface area (Å²) in [7, 11) is 2.09. The van der Waals surface area contributed by atoms with Crippen LogP contribution >= 0.6 is 0 Å². The molecule has 1 unspecified atom stereocenters. The Labute approximate surface area is 129 Å². The van der Waals surface area contributed by atoms with Gasteiger partial charge in [-0.3, -0.25) is 9.69 Å². The van der Waals surface area contributed by atoms with Crippen molar-refractivity contribution in [2.45, 2.75) is 19.0 Å². The molecule has 2 aromatic rings. The molecule has 22 heavy (non-hydrogen) atoms. The van der Waals surface area contributed by atoms with E-state index in [4.69, 9.17) is 5.73 Å². The molecule has 2 heterocycles. The fourth-order valence-corrected chi connectivity index (χ4v) is 3.57. The predicted molar refractivity (Wildman–Crippen MR) is 85.7 cm³/mol. The zero-order valence-electron chi connectivity index (χ0n) is 12.6. The second-order valence-corrected chi connectivity index (χ2v) is 6.16. The largest absolute Gasteiger partial charge is 0.396 e. The van der Waals surface area contributed by atoms with E-state index in [9.17, 15) is 4.79 Å². The first kappa shape index (κ1) is 13.3. The van der Waals surface area contributed by atoms with E-state index in [1.54, 1.807) is 0 Å². The molecule has 4 rings (SSSR count). The molecule has 4 heteroatoms. The highest BCUT2D eigenvalue weighted by Gasteiger charge is 2.36. The zero-order chi connectivity index (χ0) is 15.3. The highest BCUT2D eigenvalue weighted by molar-refractivity contribution is 6.09. The van der Waals surface area contributed by atoms with Crippen LogP contribution < -0.4 is 5.73 Å². The van der Waals surface area contributed by atoms with Gasteiger partial charge in [-0.2, -0.15) is 0 Å². The van der Waals surface area contributed by atoms with Gasteiger partial charge < -0.3 is 10.3 Å². The first-order valence-electron chi connectivity index (χ1n) is 7.63. The molecule has 0 saturated heterocycles. The van der Waals surface area contributed by atoms with Gasteiger partial charge in [0, 0.05) is 24.8 Å². The van der Waals surface area contributed by atoms with Crippen LogP contribution in [0.1, 0.15) is 33.2 Å². The maximum absolute atomic E-state index is 12.6. The van der Waals surface area contributed by atoms with Crippen LogP contribution in [0.15, 0.2) is 48.3 Å². The third kappa shape index (κ3) is 1.91. The number of aromatic nitrogens is 1. The molecule has 1 aliphatic carbocycles. The van der Waals surface area contributed by atoms with Gasteiger partial charge in [-0.25, -0.2) is 0 Å². The maximum atomic E-state index is 12.6. The first-order chi connectivity index (χ1) is 10.6. The monoisotopic (exact) mass is 293 g/mol. The molecule has 0 saturated carbocycles. The lowest BCUT2D eigenvalue weighted by Gasteiger charge is -2.33. The number of benzene rings is 1. The normalized spacial score (nSPS) is 20.7. The van der Waals surface area contributed by atoms with Crippen LogP contribution in [0.25, 0.3) is 0 Å². The van der Waals surface area contributed by atoms with Gasteiger partial charge in [-0.1, -0.05) is 30.3 Å². The first-order valence-corrected chi connectivity index (χ1v) is 7.63. The van der Waals surface area contributed by atoms with Gasteiger partial charge in [0.25, 0.3) is 0 Å². The molecule has 0 spiro atoms. The lowest BCUT2D eigenvalue weighted by molar-refractivity contribution is 0.101. The van der Waals surface area contributed by atoms with Crippen LogP contribution in [0.3, 0.4) is 0 Å². The lowest BCUT2D eigenvalue weighted by Crippen LogP contribution is -2.35. The van der Waals surface area contributed by atoms with Crippen LogP contribution in [0, 0.1) is 0 Å². The van der Waals surface area contributed by atoms with E-state index in [0.717, 1.165) is 24.2 Å². The Hall–Kier alpha value is -2.33. The molecular formula is C18H19N3O. The Balaban J connectivity index is 1.84. The number of rotatable bonds is 2. The number of likely N-dealkylation sites (N-methyl/N-ethyl adjacent to an activating group) is 1. The molecule has 0 amide bonds. The highest BCUT2D eigenvalue weighted by atomic mass is 16.1. The number of Topliss-reactive ketones (excluding diaryl/α,β-unsaturated/α-hetero) is 1. The molecule has 2 aliphatic rings. The number of nitrogens with zero attached hydrogens (tertiary/aromatic N) is 2. The van der Waals surface area contributed by atoms with Gasteiger partial charge >= 0.3 is 0 Å². The van der Waals surface area contributed by atoms with E-state index >= 15 is 0 Å². The minimum Gasteiger partial charge on any atom is -0.396 e. The summed E-state index contributed by atoms with van der Waals surface area (Å²) in [6, 6.07) is 10.4. The van der Waals surface area contributed by atoms with Crippen molar-refractivity contribution in [3.63, 3.8) is 0 Å². The van der Waals surface area contributed by atoms with Crippen LogP contribution in [-0.2, 0) is 13.0 Å². The summed E-state index contributed by atoms with van der Waals surface area (Å²) in [5.74, 6) is -0.0382. The lowest BCUT2D eigenvalue weighted by atomic mass is 9.88. The average molecular weight is 293 g/mol. The van der Waals surface area contributed by atoms with Crippen LogP contribution in [0.5, 0.6) is 0 Å². The Morgan fingerprint density at radius 3 is 2.82 bits per heavy atom. The topological polar surface area (TPSA) is 51.3 Å². The Morgan fingerprint density at radius 2 is 2.05 bits per heavy atom. The quantitative estimate of drug-likeness (QED) is 0.922. The molecule has 4 nitrogen and oxygen atoms in total. The molecule has 0 radical (unpaired) electrons. The van der Waals surface area contributed by atoms with Crippen molar-refractivity contribution in [1.82, 2.24) is 9.47 Å². The van der Waals surface area contributed by atoms with E-state index in [1.807, 2.05) is 24.3 Å². The fraction of sp³-hybridized carbons (Fsp3) is 0.278. The van der Waals surface area contributed by atoms with Crippen molar-refractivity contribution in [2.24, 2.45) is 5.73 Å². The standard InChI is InChI=1S/C18H19N3O/c1-20-8-7-13-11-21(10-12-5-3-2-4-6-12)17-16(13)15(20)9-14(19)18(17)22/h2-6,9,11,15H,7-8,10,19H2,1H3. The third-order valence-electron chi connectivity index (χ3n) is 4.71. The number of nitrogens with two attached hydrogens (primary N) is 1. The molecule has 0 bridgehead atoms. The minimum atomic E-state index is -0.0382. The number of carbonyl (C=O) groups is 1. The second-order valence-electron chi connectivity index (χ2n) is 6.16. The van der Waals surface area contributed by atoms with Gasteiger partial charge in [0.15, 0.2) is 0 Å². The van der Waals surface area contributed by atoms with Gasteiger partial charge in [0.2, 0.25) is 5.78 Å². The number of carbonyl (C=O) groups excluding carboxylic acids is 1. The number of ketones is 1. The average Bonchev–Trinajstić information content (AvgIpc) is 2.88. The zero-order valence-corrected chi connectivity index (χ0v) is 12.6. The summed E-state index contributed by atoms with van der Waals surface area (Å²) in [6.07, 6.45) is 5.03. The molecule has 1 aromatic carbocycles. The summed E-state index contributed by atoms with van der Waals surface area (Å²) in [6.45, 7) is 1.70. The Bertz CT molecular complexity index is 773. The van der Waals surface area contributed by atoms with E-state index < -0.39 is 0 Å². The molecule has 112 valence electrons. The number of hydrogen-bond acceptors (Lipinski definition) is 3. The van der Waals surface area contributed by atoms with Crippen molar-refractivity contribution >= 4 is 5.78 Å². The second kappa shape index (κ2) is 4.85. The van der Waals surface area contributed by atoms with Crippen LogP contribution in [0.2, 0.25) is 0 Å². The highest BCUT2D eigenvalue weighted by Crippen LogP contribution is 2.38. The van der Waals surface area contributed by atoms with E-state index in [0.29, 0.717) is 12.2 Å². The van der Waals surface area contributed by atoms with Gasteiger partial charge in [-0.05, 0) is 30.7 Å². The SMILES string of the molecule is CN1CCc2cn(Cc3ccccc3)c3c2C1C=C(N)C3=O. The van der Waals surface area contributed by atoms with Crippen LogP contribution in [-0.4, -0.2) is 28.8 Å². The Morgan fingerprint density at radius 1 is 1.27 bits per heavy atom. The van der Waals surface area contributed by atoms with Gasteiger partial charge in [-0.15, -0.1) is 0 Å². The van der Waals surface area contributed by atoms with Crippen molar-refractivity contribution in [3.05, 3.63) is 70.7 Å². The predicted octanol–water partition coefficient (Wildman–Crippen LogP) is 2.10. The summed E-state index contributed by atoms with van der Waals surface area (Å²) in [5.41, 5.74) is 10.8. The van der Waals surface area contributed by atoms with E-state index in [-0.39, 0.29) is 11.8 Å². The van der Waals surface area contributed by atoms with Crippen molar-refractivity contribution < 1.29 is 4.79 Å². The smallest absolute Gasteiger partial charge is 0.225 e. The third-order valence-corrected chi connectivity index (χ3v) is 4.71. The van der Waals surface area contributed by atoms with Gasteiger partial charge in [0.1, 0.15) is 0 Å². The number of hydrogen-bond donors (Lipinski definition) is 1. The van der Waals surface area contributed by atoms with Crippen molar-refractivity contribution in [1.29, 1.82) is 0 Å². The van der Waals surface area contributed by atoms with E-state index in [1.165, 1.54) is 11.1 Å².